The van der Waals surface area contributed by atoms with E-state index in [1.54, 1.807) is 11.0 Å². The lowest BCUT2D eigenvalue weighted by molar-refractivity contribution is -0.132. The monoisotopic (exact) mass is 293 g/mol. The average Bonchev–Trinajstić information content (AvgIpc) is 2.86. The zero-order valence-electron chi connectivity index (χ0n) is 12.9. The van der Waals surface area contributed by atoms with Gasteiger partial charge in [-0.25, -0.2) is 4.79 Å². The van der Waals surface area contributed by atoms with Crippen LogP contribution < -0.4 is 5.32 Å². The number of urea groups is 1. The van der Waals surface area contributed by atoms with Gasteiger partial charge in [0, 0.05) is 39.1 Å². The van der Waals surface area contributed by atoms with Crippen LogP contribution in [-0.2, 0) is 4.79 Å². The van der Waals surface area contributed by atoms with Crippen molar-refractivity contribution in [3.63, 3.8) is 0 Å². The van der Waals surface area contributed by atoms with Crippen LogP contribution in [0.3, 0.4) is 0 Å². The van der Waals surface area contributed by atoms with Crippen molar-refractivity contribution in [1.82, 2.24) is 15.1 Å². The average molecular weight is 293 g/mol. The smallest absolute Gasteiger partial charge is 0.317 e. The summed E-state index contributed by atoms with van der Waals surface area (Å²) in [5, 5.41) is 2.80. The third-order valence-electron chi connectivity index (χ3n) is 4.47. The normalized spacial score (nSPS) is 20.2. The van der Waals surface area contributed by atoms with Crippen LogP contribution >= 0.6 is 0 Å². The second-order valence-electron chi connectivity index (χ2n) is 6.05. The number of carbonyl (C=O) groups is 2. The summed E-state index contributed by atoms with van der Waals surface area (Å²) in [5.41, 5.74) is 0. The van der Waals surface area contributed by atoms with Gasteiger partial charge in [0.15, 0.2) is 0 Å². The van der Waals surface area contributed by atoms with Gasteiger partial charge in [0.2, 0.25) is 5.91 Å². The van der Waals surface area contributed by atoms with E-state index in [9.17, 15) is 9.59 Å². The molecule has 1 heterocycles. The Balaban J connectivity index is 1.78. The fraction of sp³-hybridized carbons (Fsp3) is 0.750. The standard InChI is InChI=1S/C16H27N3O2/c1-2-8-17-16(21)19-10-5-9-18(11-12-19)15(20)13-14-6-3-4-7-14/h2,14H,1,3-13H2,(H,17,21). The molecule has 3 amide bonds. The molecule has 0 bridgehead atoms. The second-order valence-corrected chi connectivity index (χ2v) is 6.05. The third kappa shape index (κ3) is 4.76. The van der Waals surface area contributed by atoms with Gasteiger partial charge in [-0.05, 0) is 25.2 Å². The Labute approximate surface area is 127 Å². The van der Waals surface area contributed by atoms with Crippen molar-refractivity contribution in [1.29, 1.82) is 0 Å². The Morgan fingerprint density at radius 1 is 1.05 bits per heavy atom. The van der Waals surface area contributed by atoms with Crippen LogP contribution in [0.15, 0.2) is 12.7 Å². The van der Waals surface area contributed by atoms with Crippen molar-refractivity contribution >= 4 is 11.9 Å². The summed E-state index contributed by atoms with van der Waals surface area (Å²) in [6.45, 7) is 6.86. The van der Waals surface area contributed by atoms with E-state index < -0.39 is 0 Å². The molecule has 5 nitrogen and oxygen atoms in total. The lowest BCUT2D eigenvalue weighted by Crippen LogP contribution is -2.42. The molecule has 0 radical (unpaired) electrons. The van der Waals surface area contributed by atoms with E-state index >= 15 is 0 Å². The van der Waals surface area contributed by atoms with Crippen LogP contribution in [0.1, 0.15) is 38.5 Å². The molecule has 0 aromatic heterocycles. The fourth-order valence-electron chi connectivity index (χ4n) is 3.23. The summed E-state index contributed by atoms with van der Waals surface area (Å²) in [6.07, 6.45) is 8.18. The zero-order valence-corrected chi connectivity index (χ0v) is 12.9. The summed E-state index contributed by atoms with van der Waals surface area (Å²) in [5.74, 6) is 0.864. The number of amides is 3. The molecule has 0 spiro atoms. The number of carbonyl (C=O) groups excluding carboxylic acids is 2. The molecule has 2 aliphatic rings. The number of nitrogens with one attached hydrogen (secondary N) is 1. The summed E-state index contributed by atoms with van der Waals surface area (Å²) < 4.78 is 0. The highest BCUT2D eigenvalue weighted by Crippen LogP contribution is 2.28. The SMILES string of the molecule is C=CCNC(=O)N1CCCN(C(=O)CC2CCCC2)CC1. The highest BCUT2D eigenvalue weighted by molar-refractivity contribution is 5.77. The van der Waals surface area contributed by atoms with Crippen LogP contribution in [0, 0.1) is 5.92 Å². The minimum atomic E-state index is -0.0556. The van der Waals surface area contributed by atoms with Crippen LogP contribution in [0.25, 0.3) is 0 Å². The van der Waals surface area contributed by atoms with Gasteiger partial charge in [-0.1, -0.05) is 18.9 Å². The first kappa shape index (κ1) is 15.9. The van der Waals surface area contributed by atoms with Gasteiger partial charge in [0.05, 0.1) is 0 Å². The molecule has 1 saturated carbocycles. The predicted octanol–water partition coefficient (Wildman–Crippen LogP) is 2.00. The van der Waals surface area contributed by atoms with Gasteiger partial charge in [0.25, 0.3) is 0 Å². The molecule has 1 aliphatic carbocycles. The van der Waals surface area contributed by atoms with Crippen LogP contribution in [0.5, 0.6) is 0 Å². The quantitative estimate of drug-likeness (QED) is 0.806. The Morgan fingerprint density at radius 3 is 2.43 bits per heavy atom. The molecular formula is C16H27N3O2. The molecule has 2 fully saturated rings. The van der Waals surface area contributed by atoms with Gasteiger partial charge in [-0.2, -0.15) is 0 Å². The molecule has 2 rings (SSSR count). The van der Waals surface area contributed by atoms with Crippen molar-refractivity contribution in [2.24, 2.45) is 5.92 Å². The topological polar surface area (TPSA) is 52.7 Å². The number of rotatable bonds is 4. The molecular weight excluding hydrogens is 266 g/mol. The van der Waals surface area contributed by atoms with E-state index in [2.05, 4.69) is 11.9 Å². The van der Waals surface area contributed by atoms with Gasteiger partial charge < -0.3 is 15.1 Å². The minimum absolute atomic E-state index is 0.0556. The predicted molar refractivity (Wildman–Crippen MR) is 82.9 cm³/mol. The number of hydrogen-bond donors (Lipinski definition) is 1. The Bertz CT molecular complexity index is 378. The molecule has 0 aromatic rings. The number of hydrogen-bond acceptors (Lipinski definition) is 2. The molecule has 0 unspecified atom stereocenters. The number of nitrogens with zero attached hydrogens (tertiary/aromatic N) is 2. The maximum absolute atomic E-state index is 12.3. The van der Waals surface area contributed by atoms with E-state index in [0.29, 0.717) is 32.0 Å². The second kappa shape index (κ2) is 8.05. The van der Waals surface area contributed by atoms with Crippen molar-refractivity contribution in [2.45, 2.75) is 38.5 Å². The first-order valence-corrected chi connectivity index (χ1v) is 8.12. The van der Waals surface area contributed by atoms with E-state index in [1.165, 1.54) is 25.7 Å². The molecule has 0 atom stereocenters. The minimum Gasteiger partial charge on any atom is -0.341 e. The van der Waals surface area contributed by atoms with Crippen molar-refractivity contribution < 1.29 is 9.59 Å². The summed E-state index contributed by atoms with van der Waals surface area (Å²) in [6, 6.07) is -0.0556. The Hall–Kier alpha value is -1.52. The molecule has 21 heavy (non-hydrogen) atoms. The van der Waals surface area contributed by atoms with E-state index in [4.69, 9.17) is 0 Å². The zero-order chi connectivity index (χ0) is 15.1. The maximum atomic E-state index is 12.3. The lowest BCUT2D eigenvalue weighted by Gasteiger charge is -2.23. The van der Waals surface area contributed by atoms with E-state index in [-0.39, 0.29) is 11.9 Å². The lowest BCUT2D eigenvalue weighted by atomic mass is 10.0. The largest absolute Gasteiger partial charge is 0.341 e. The highest BCUT2D eigenvalue weighted by Gasteiger charge is 2.25. The molecule has 5 heteroatoms. The van der Waals surface area contributed by atoms with Crippen molar-refractivity contribution in [2.75, 3.05) is 32.7 Å². The molecule has 118 valence electrons. The molecule has 1 N–H and O–H groups in total. The molecule has 1 aliphatic heterocycles. The van der Waals surface area contributed by atoms with E-state index in [0.717, 1.165) is 19.5 Å². The third-order valence-corrected chi connectivity index (χ3v) is 4.47. The maximum Gasteiger partial charge on any atom is 0.317 e. The Morgan fingerprint density at radius 2 is 1.71 bits per heavy atom. The van der Waals surface area contributed by atoms with Gasteiger partial charge in [-0.3, -0.25) is 4.79 Å². The first-order chi connectivity index (χ1) is 10.2. The van der Waals surface area contributed by atoms with E-state index in [1.807, 2.05) is 4.90 Å². The van der Waals surface area contributed by atoms with Gasteiger partial charge in [-0.15, -0.1) is 6.58 Å². The summed E-state index contributed by atoms with van der Waals surface area (Å²) in [4.78, 5) is 28.0. The van der Waals surface area contributed by atoms with Crippen LogP contribution in [-0.4, -0.2) is 54.5 Å². The Kier molecular flexibility index (Phi) is 6.08. The molecule has 0 aromatic carbocycles. The fourth-order valence-corrected chi connectivity index (χ4v) is 3.23. The first-order valence-electron chi connectivity index (χ1n) is 8.12. The van der Waals surface area contributed by atoms with Crippen molar-refractivity contribution in [3.05, 3.63) is 12.7 Å². The molecule has 1 saturated heterocycles. The van der Waals surface area contributed by atoms with Gasteiger partial charge >= 0.3 is 6.03 Å². The highest BCUT2D eigenvalue weighted by atomic mass is 16.2. The van der Waals surface area contributed by atoms with Crippen LogP contribution in [0.2, 0.25) is 0 Å². The summed E-state index contributed by atoms with van der Waals surface area (Å²) >= 11 is 0. The van der Waals surface area contributed by atoms with Crippen LogP contribution in [0.4, 0.5) is 4.79 Å². The summed E-state index contributed by atoms with van der Waals surface area (Å²) in [7, 11) is 0. The van der Waals surface area contributed by atoms with Crippen molar-refractivity contribution in [3.8, 4) is 0 Å². The van der Waals surface area contributed by atoms with Gasteiger partial charge in [0.1, 0.15) is 0 Å².